The number of hydrogen-bond acceptors (Lipinski definition) is 6. The molecule has 0 radical (unpaired) electrons. The lowest BCUT2D eigenvalue weighted by Gasteiger charge is -2.31. The van der Waals surface area contributed by atoms with Crippen LogP contribution in [0.1, 0.15) is 34.3 Å². The summed E-state index contributed by atoms with van der Waals surface area (Å²) in [6.45, 7) is 4.47. The van der Waals surface area contributed by atoms with E-state index in [0.717, 1.165) is 74.4 Å². The van der Waals surface area contributed by atoms with Crippen LogP contribution in [-0.2, 0) is 17.7 Å². The third-order valence-electron chi connectivity index (χ3n) is 7.84. The van der Waals surface area contributed by atoms with Crippen LogP contribution in [0.15, 0.2) is 103 Å². The summed E-state index contributed by atoms with van der Waals surface area (Å²) in [5, 5.41) is 18.7. The predicted octanol–water partition coefficient (Wildman–Crippen LogP) is 5.83. The Morgan fingerprint density at radius 1 is 0.795 bits per heavy atom. The summed E-state index contributed by atoms with van der Waals surface area (Å²) in [4.78, 5) is 27.6. The smallest absolute Gasteiger partial charge is 0.411 e. The highest BCUT2D eigenvalue weighted by atomic mass is 16.6. The first-order valence-corrected chi connectivity index (χ1v) is 15.2. The number of aromatic hydroxyl groups is 1. The molecule has 8 heteroatoms. The lowest BCUT2D eigenvalue weighted by atomic mass is 10.0. The number of ether oxygens (including phenoxy) is 1. The number of piperidine rings is 1. The molecular weight excluding hydrogens is 552 g/mol. The van der Waals surface area contributed by atoms with Crippen molar-refractivity contribution in [3.8, 4) is 16.9 Å². The molecule has 0 bridgehead atoms. The summed E-state index contributed by atoms with van der Waals surface area (Å²) in [7, 11) is 0. The van der Waals surface area contributed by atoms with Crippen LogP contribution in [0.5, 0.6) is 5.75 Å². The normalized spacial score (nSPS) is 13.7. The second-order valence-electron chi connectivity index (χ2n) is 11.0. The molecule has 44 heavy (non-hydrogen) atoms. The first-order valence-electron chi connectivity index (χ1n) is 15.2. The van der Waals surface area contributed by atoms with Crippen molar-refractivity contribution in [3.63, 3.8) is 0 Å². The number of amides is 2. The number of nitrogens with one attached hydrogen (secondary N) is 3. The largest absolute Gasteiger partial charge is 0.508 e. The molecule has 2 amide bonds. The zero-order chi connectivity index (χ0) is 30.6. The Kier molecular flexibility index (Phi) is 11.0. The molecule has 1 fully saturated rings. The monoisotopic (exact) mass is 592 g/mol. The van der Waals surface area contributed by atoms with E-state index >= 15 is 0 Å². The number of rotatable bonds is 12. The summed E-state index contributed by atoms with van der Waals surface area (Å²) in [6, 6.07) is 32.6. The van der Waals surface area contributed by atoms with Crippen molar-refractivity contribution in [1.29, 1.82) is 0 Å². The van der Waals surface area contributed by atoms with E-state index in [1.165, 1.54) is 5.56 Å². The summed E-state index contributed by atoms with van der Waals surface area (Å²) in [6.07, 6.45) is 1.82. The van der Waals surface area contributed by atoms with Crippen LogP contribution in [0.4, 0.5) is 10.5 Å². The van der Waals surface area contributed by atoms with Crippen molar-refractivity contribution in [1.82, 2.24) is 15.5 Å². The van der Waals surface area contributed by atoms with E-state index in [4.69, 9.17) is 4.74 Å². The number of carbonyl (C=O) groups excluding carboxylic acids is 2. The van der Waals surface area contributed by atoms with Gasteiger partial charge in [0, 0.05) is 43.9 Å². The SMILES string of the molecule is O=C(Nc1ccccc1-c1ccccc1)OC1CCN(CCNC(=O)c2ccc(CNCCc3ccc(O)cc3)cc2)CC1. The van der Waals surface area contributed by atoms with E-state index in [1.54, 1.807) is 12.1 Å². The molecule has 0 atom stereocenters. The highest BCUT2D eigenvalue weighted by Gasteiger charge is 2.22. The van der Waals surface area contributed by atoms with Crippen LogP contribution in [0, 0.1) is 0 Å². The predicted molar refractivity (Wildman–Crippen MR) is 174 cm³/mol. The minimum absolute atomic E-state index is 0.0810. The maximum Gasteiger partial charge on any atom is 0.411 e. The first-order chi connectivity index (χ1) is 21.5. The highest BCUT2D eigenvalue weighted by molar-refractivity contribution is 5.94. The Morgan fingerprint density at radius 2 is 1.48 bits per heavy atom. The molecule has 0 saturated carbocycles. The summed E-state index contributed by atoms with van der Waals surface area (Å²) < 4.78 is 5.74. The van der Waals surface area contributed by atoms with Gasteiger partial charge in [-0.05, 0) is 72.8 Å². The molecule has 1 aliphatic rings. The third-order valence-corrected chi connectivity index (χ3v) is 7.84. The number of carbonyl (C=O) groups is 2. The van der Waals surface area contributed by atoms with Crippen molar-refractivity contribution < 1.29 is 19.4 Å². The molecule has 0 spiro atoms. The van der Waals surface area contributed by atoms with Crippen molar-refractivity contribution in [3.05, 3.63) is 120 Å². The number of phenols is 1. The number of nitrogens with zero attached hydrogens (tertiary/aromatic N) is 1. The topological polar surface area (TPSA) is 103 Å². The standard InChI is InChI=1S/C36H40N4O4/c41-31-16-12-27(13-17-31)18-21-37-26-28-10-14-30(15-11-28)35(42)38-22-25-40-23-19-32(20-24-40)44-36(43)39-34-9-5-4-8-33(34)29-6-2-1-3-7-29/h1-17,32,37,41H,18-26H2,(H,38,42)(H,39,43). The van der Waals surface area contributed by atoms with Gasteiger partial charge in [-0.15, -0.1) is 0 Å². The van der Waals surface area contributed by atoms with Crippen LogP contribution in [0.3, 0.4) is 0 Å². The average molecular weight is 593 g/mol. The molecule has 1 saturated heterocycles. The Balaban J connectivity index is 0.965. The van der Waals surface area contributed by atoms with Gasteiger partial charge in [-0.1, -0.05) is 72.8 Å². The zero-order valence-electron chi connectivity index (χ0n) is 24.9. The Morgan fingerprint density at radius 3 is 2.23 bits per heavy atom. The van der Waals surface area contributed by atoms with Gasteiger partial charge in [-0.3, -0.25) is 10.1 Å². The Bertz CT molecular complexity index is 1490. The number of benzene rings is 4. The summed E-state index contributed by atoms with van der Waals surface area (Å²) in [5.74, 6) is 0.198. The third kappa shape index (κ3) is 9.17. The molecule has 1 heterocycles. The van der Waals surface area contributed by atoms with Gasteiger partial charge in [0.1, 0.15) is 11.9 Å². The number of phenolic OH excluding ortho intramolecular Hbond substituents is 1. The van der Waals surface area contributed by atoms with E-state index in [1.807, 2.05) is 91.0 Å². The zero-order valence-corrected chi connectivity index (χ0v) is 24.9. The maximum absolute atomic E-state index is 12.7. The number of likely N-dealkylation sites (tertiary alicyclic amines) is 1. The van der Waals surface area contributed by atoms with Gasteiger partial charge < -0.3 is 25.4 Å². The molecule has 8 nitrogen and oxygen atoms in total. The molecule has 4 N–H and O–H groups in total. The van der Waals surface area contributed by atoms with Crippen LogP contribution in [-0.4, -0.2) is 60.8 Å². The Labute approximate surface area is 259 Å². The van der Waals surface area contributed by atoms with Crippen molar-refractivity contribution >= 4 is 17.7 Å². The minimum Gasteiger partial charge on any atom is -0.508 e. The van der Waals surface area contributed by atoms with Gasteiger partial charge in [-0.2, -0.15) is 0 Å². The van der Waals surface area contributed by atoms with Gasteiger partial charge in [0.2, 0.25) is 0 Å². The van der Waals surface area contributed by atoms with Crippen LogP contribution < -0.4 is 16.0 Å². The van der Waals surface area contributed by atoms with E-state index in [-0.39, 0.29) is 17.8 Å². The van der Waals surface area contributed by atoms with Crippen molar-refractivity contribution in [2.75, 3.05) is 38.0 Å². The van der Waals surface area contributed by atoms with Crippen molar-refractivity contribution in [2.45, 2.75) is 31.9 Å². The lowest BCUT2D eigenvalue weighted by molar-refractivity contribution is 0.0587. The fourth-order valence-electron chi connectivity index (χ4n) is 5.33. The average Bonchev–Trinajstić information content (AvgIpc) is 3.05. The molecule has 228 valence electrons. The fraction of sp³-hybridized carbons (Fsp3) is 0.278. The highest BCUT2D eigenvalue weighted by Crippen LogP contribution is 2.28. The van der Waals surface area contributed by atoms with Gasteiger partial charge in [-0.25, -0.2) is 4.79 Å². The molecule has 0 aliphatic carbocycles. The number of para-hydroxylation sites is 1. The van der Waals surface area contributed by atoms with Gasteiger partial charge in [0.05, 0.1) is 5.69 Å². The second kappa shape index (κ2) is 15.7. The van der Waals surface area contributed by atoms with Crippen LogP contribution >= 0.6 is 0 Å². The number of anilines is 1. The summed E-state index contributed by atoms with van der Waals surface area (Å²) >= 11 is 0. The molecule has 0 unspecified atom stereocenters. The van der Waals surface area contributed by atoms with Crippen LogP contribution in [0.2, 0.25) is 0 Å². The van der Waals surface area contributed by atoms with E-state index in [9.17, 15) is 14.7 Å². The van der Waals surface area contributed by atoms with E-state index in [0.29, 0.717) is 12.1 Å². The lowest BCUT2D eigenvalue weighted by Crippen LogP contribution is -2.42. The van der Waals surface area contributed by atoms with E-state index in [2.05, 4.69) is 20.9 Å². The Hall–Kier alpha value is -4.66. The second-order valence-corrected chi connectivity index (χ2v) is 11.0. The van der Waals surface area contributed by atoms with E-state index < -0.39 is 6.09 Å². The number of hydrogen-bond donors (Lipinski definition) is 4. The minimum atomic E-state index is -0.435. The molecule has 5 rings (SSSR count). The molecular formula is C36H40N4O4. The van der Waals surface area contributed by atoms with Gasteiger partial charge >= 0.3 is 6.09 Å². The molecule has 1 aliphatic heterocycles. The summed E-state index contributed by atoms with van der Waals surface area (Å²) in [5.41, 5.74) is 5.64. The first kappa shape index (κ1) is 30.8. The van der Waals surface area contributed by atoms with Gasteiger partial charge in [0.25, 0.3) is 5.91 Å². The maximum atomic E-state index is 12.7. The molecule has 4 aromatic carbocycles. The van der Waals surface area contributed by atoms with Gasteiger partial charge in [0.15, 0.2) is 0 Å². The molecule has 0 aromatic heterocycles. The van der Waals surface area contributed by atoms with Crippen LogP contribution in [0.25, 0.3) is 11.1 Å². The van der Waals surface area contributed by atoms with Crippen molar-refractivity contribution in [2.24, 2.45) is 0 Å². The quantitative estimate of drug-likeness (QED) is 0.154. The molecule has 4 aromatic rings. The fourth-order valence-corrected chi connectivity index (χ4v) is 5.33.